The van der Waals surface area contributed by atoms with Gasteiger partial charge in [-0.05, 0) is 59.4 Å². The molecule has 1 aromatic rings. The molecule has 0 saturated heterocycles. The monoisotopic (exact) mass is 329 g/mol. The van der Waals surface area contributed by atoms with Gasteiger partial charge in [0.05, 0.1) is 18.2 Å². The van der Waals surface area contributed by atoms with Crippen LogP contribution in [0.1, 0.15) is 32.8 Å². The van der Waals surface area contributed by atoms with Gasteiger partial charge >= 0.3 is 0 Å². The van der Waals surface area contributed by atoms with Crippen molar-refractivity contribution in [2.24, 2.45) is 5.92 Å². The second-order valence-corrected chi connectivity index (χ2v) is 5.76. The highest BCUT2D eigenvalue weighted by molar-refractivity contribution is 9.10. The highest BCUT2D eigenvalue weighted by Gasteiger charge is 2.10. The lowest BCUT2D eigenvalue weighted by Crippen LogP contribution is -2.16. The second kappa shape index (κ2) is 8.43. The Hall–Kier alpha value is -0.740. The molecule has 1 rings (SSSR count). The van der Waals surface area contributed by atoms with E-state index in [-0.39, 0.29) is 0 Å². The maximum Gasteiger partial charge on any atom is 0.174 e. The van der Waals surface area contributed by atoms with Crippen LogP contribution in [-0.2, 0) is 6.54 Å². The number of hydrogen-bond donors (Lipinski definition) is 1. The molecule has 0 unspecified atom stereocenters. The van der Waals surface area contributed by atoms with Crippen molar-refractivity contribution in [1.29, 1.82) is 0 Å². The number of ether oxygens (including phenoxy) is 2. The molecule has 0 radical (unpaired) electrons. The topological polar surface area (TPSA) is 30.5 Å². The van der Waals surface area contributed by atoms with Gasteiger partial charge in [0, 0.05) is 6.54 Å². The lowest BCUT2D eigenvalue weighted by Gasteiger charge is -2.14. The lowest BCUT2D eigenvalue weighted by atomic mass is 10.1. The molecular formula is C15H24BrNO2. The molecule has 1 N–H and O–H groups in total. The average molecular weight is 330 g/mol. The van der Waals surface area contributed by atoms with Crippen LogP contribution < -0.4 is 14.8 Å². The van der Waals surface area contributed by atoms with Gasteiger partial charge in [0.1, 0.15) is 0 Å². The number of benzene rings is 1. The fraction of sp³-hybridized carbons (Fsp3) is 0.600. The highest BCUT2D eigenvalue weighted by atomic mass is 79.9. The van der Waals surface area contributed by atoms with E-state index in [9.17, 15) is 0 Å². The average Bonchev–Trinajstić information content (AvgIpc) is 2.35. The summed E-state index contributed by atoms with van der Waals surface area (Å²) in [5.74, 6) is 2.28. The van der Waals surface area contributed by atoms with Gasteiger partial charge in [-0.25, -0.2) is 0 Å². The Morgan fingerprint density at radius 1 is 1.32 bits per heavy atom. The molecule has 108 valence electrons. The van der Waals surface area contributed by atoms with E-state index in [0.717, 1.165) is 35.0 Å². The first kappa shape index (κ1) is 16.3. The molecule has 0 atom stereocenters. The molecule has 0 fully saturated rings. The third-order valence-electron chi connectivity index (χ3n) is 2.80. The third kappa shape index (κ3) is 5.41. The Morgan fingerprint density at radius 2 is 2.05 bits per heavy atom. The van der Waals surface area contributed by atoms with Crippen LogP contribution in [0.3, 0.4) is 0 Å². The van der Waals surface area contributed by atoms with Gasteiger partial charge in [-0.3, -0.25) is 0 Å². The minimum Gasteiger partial charge on any atom is -0.492 e. The summed E-state index contributed by atoms with van der Waals surface area (Å²) in [7, 11) is 1.66. The predicted octanol–water partition coefficient (Wildman–Crippen LogP) is 3.99. The normalized spacial score (nSPS) is 10.8. The molecule has 0 bridgehead atoms. The Kier molecular flexibility index (Phi) is 7.24. The van der Waals surface area contributed by atoms with Crippen LogP contribution in [0.25, 0.3) is 0 Å². The van der Waals surface area contributed by atoms with Crippen LogP contribution in [-0.4, -0.2) is 20.3 Å². The van der Waals surface area contributed by atoms with Crippen LogP contribution in [0.5, 0.6) is 11.5 Å². The van der Waals surface area contributed by atoms with Crippen molar-refractivity contribution in [1.82, 2.24) is 5.32 Å². The number of hydrogen-bond acceptors (Lipinski definition) is 3. The van der Waals surface area contributed by atoms with Crippen molar-refractivity contribution in [3.8, 4) is 11.5 Å². The fourth-order valence-corrected chi connectivity index (χ4v) is 2.46. The standard InChI is InChI=1S/C15H24BrNO2/c1-5-19-14-9-12(8-13(16)15(14)18-4)10-17-7-6-11(2)3/h8-9,11,17H,5-7,10H2,1-4H3. The van der Waals surface area contributed by atoms with E-state index in [0.29, 0.717) is 6.61 Å². The summed E-state index contributed by atoms with van der Waals surface area (Å²) in [6.45, 7) is 8.95. The van der Waals surface area contributed by atoms with E-state index in [1.165, 1.54) is 12.0 Å². The van der Waals surface area contributed by atoms with E-state index in [1.807, 2.05) is 13.0 Å². The summed E-state index contributed by atoms with van der Waals surface area (Å²) in [5, 5.41) is 3.45. The molecule has 4 heteroatoms. The molecule has 19 heavy (non-hydrogen) atoms. The molecular weight excluding hydrogens is 306 g/mol. The highest BCUT2D eigenvalue weighted by Crippen LogP contribution is 2.36. The lowest BCUT2D eigenvalue weighted by molar-refractivity contribution is 0.309. The molecule has 0 amide bonds. The minimum absolute atomic E-state index is 0.632. The maximum absolute atomic E-state index is 5.61. The van der Waals surface area contributed by atoms with Crippen molar-refractivity contribution in [3.05, 3.63) is 22.2 Å². The number of rotatable bonds is 8. The van der Waals surface area contributed by atoms with Crippen LogP contribution in [0, 0.1) is 5.92 Å². The van der Waals surface area contributed by atoms with Crippen LogP contribution in [0.15, 0.2) is 16.6 Å². The van der Waals surface area contributed by atoms with E-state index in [4.69, 9.17) is 9.47 Å². The van der Waals surface area contributed by atoms with Gasteiger partial charge in [0.25, 0.3) is 0 Å². The van der Waals surface area contributed by atoms with Crippen molar-refractivity contribution in [2.45, 2.75) is 33.7 Å². The fourth-order valence-electron chi connectivity index (χ4n) is 1.81. The summed E-state index contributed by atoms with van der Waals surface area (Å²) < 4.78 is 11.9. The zero-order valence-electron chi connectivity index (χ0n) is 12.3. The summed E-state index contributed by atoms with van der Waals surface area (Å²) >= 11 is 3.53. The van der Waals surface area contributed by atoms with E-state index < -0.39 is 0 Å². The summed E-state index contributed by atoms with van der Waals surface area (Å²) in [6.07, 6.45) is 1.19. The Morgan fingerprint density at radius 3 is 2.63 bits per heavy atom. The van der Waals surface area contributed by atoms with Crippen molar-refractivity contribution in [3.63, 3.8) is 0 Å². The molecule has 0 aliphatic carbocycles. The van der Waals surface area contributed by atoms with Crippen molar-refractivity contribution >= 4 is 15.9 Å². The predicted molar refractivity (Wildman–Crippen MR) is 83.0 cm³/mol. The zero-order valence-corrected chi connectivity index (χ0v) is 13.8. The van der Waals surface area contributed by atoms with Crippen LogP contribution in [0.4, 0.5) is 0 Å². The Labute approximate surface area is 124 Å². The van der Waals surface area contributed by atoms with Crippen molar-refractivity contribution < 1.29 is 9.47 Å². The van der Waals surface area contributed by atoms with Crippen LogP contribution in [0.2, 0.25) is 0 Å². The van der Waals surface area contributed by atoms with Crippen molar-refractivity contribution in [2.75, 3.05) is 20.3 Å². The largest absolute Gasteiger partial charge is 0.492 e. The SMILES string of the molecule is CCOc1cc(CNCCC(C)C)cc(Br)c1OC. The number of halogens is 1. The quantitative estimate of drug-likeness (QED) is 0.731. The molecule has 0 aliphatic rings. The maximum atomic E-state index is 5.61. The van der Waals surface area contributed by atoms with Gasteiger partial charge in [0.2, 0.25) is 0 Å². The van der Waals surface area contributed by atoms with Gasteiger partial charge in [-0.1, -0.05) is 13.8 Å². The van der Waals surface area contributed by atoms with E-state index in [1.54, 1.807) is 7.11 Å². The Bertz CT molecular complexity index is 394. The first-order valence-corrected chi connectivity index (χ1v) is 7.57. The second-order valence-electron chi connectivity index (χ2n) is 4.90. The summed E-state index contributed by atoms with van der Waals surface area (Å²) in [5.41, 5.74) is 1.19. The van der Waals surface area contributed by atoms with Crippen LogP contribution >= 0.6 is 15.9 Å². The molecule has 0 spiro atoms. The smallest absolute Gasteiger partial charge is 0.174 e. The molecule has 3 nitrogen and oxygen atoms in total. The summed E-state index contributed by atoms with van der Waals surface area (Å²) in [4.78, 5) is 0. The molecule has 0 aliphatic heterocycles. The van der Waals surface area contributed by atoms with Gasteiger partial charge in [-0.2, -0.15) is 0 Å². The molecule has 0 aromatic heterocycles. The molecule has 0 heterocycles. The summed E-state index contributed by atoms with van der Waals surface area (Å²) in [6, 6.07) is 4.11. The first-order chi connectivity index (χ1) is 9.08. The number of methoxy groups -OCH3 is 1. The van der Waals surface area contributed by atoms with E-state index in [2.05, 4.69) is 41.2 Å². The molecule has 1 aromatic carbocycles. The Balaban J connectivity index is 2.68. The number of nitrogens with one attached hydrogen (secondary N) is 1. The van der Waals surface area contributed by atoms with E-state index >= 15 is 0 Å². The first-order valence-electron chi connectivity index (χ1n) is 6.78. The minimum atomic E-state index is 0.632. The third-order valence-corrected chi connectivity index (χ3v) is 3.39. The van der Waals surface area contributed by atoms with Gasteiger partial charge in [0.15, 0.2) is 11.5 Å². The zero-order chi connectivity index (χ0) is 14.3. The van der Waals surface area contributed by atoms with Gasteiger partial charge < -0.3 is 14.8 Å². The van der Waals surface area contributed by atoms with Gasteiger partial charge in [-0.15, -0.1) is 0 Å². The molecule has 0 saturated carbocycles.